The van der Waals surface area contributed by atoms with E-state index in [0.29, 0.717) is 29.1 Å². The summed E-state index contributed by atoms with van der Waals surface area (Å²) in [5.74, 6) is -1.03. The number of rotatable bonds is 3. The number of carbonyl (C=O) groups is 1. The number of nitrogens with one attached hydrogen (secondary N) is 1. The van der Waals surface area contributed by atoms with Crippen molar-refractivity contribution in [3.05, 3.63) is 28.8 Å². The maximum atomic E-state index is 10.9. The third kappa shape index (κ3) is 2.74. The first-order chi connectivity index (χ1) is 8.60. The highest BCUT2D eigenvalue weighted by Crippen LogP contribution is 2.30. The quantitative estimate of drug-likeness (QED) is 0.880. The van der Waals surface area contributed by atoms with Crippen LogP contribution in [0.15, 0.2) is 18.2 Å². The number of anilines is 1. The van der Waals surface area contributed by atoms with Crippen molar-refractivity contribution < 1.29 is 9.90 Å². The molecule has 0 unspecified atom stereocenters. The molecule has 1 aromatic rings. The van der Waals surface area contributed by atoms with Crippen molar-refractivity contribution >= 4 is 23.3 Å². The zero-order valence-electron chi connectivity index (χ0n) is 9.69. The number of halogens is 1. The predicted molar refractivity (Wildman–Crippen MR) is 68.6 cm³/mol. The van der Waals surface area contributed by atoms with Crippen molar-refractivity contribution in [3.63, 3.8) is 0 Å². The van der Waals surface area contributed by atoms with Gasteiger partial charge in [-0.2, -0.15) is 5.26 Å². The van der Waals surface area contributed by atoms with Crippen molar-refractivity contribution in [3.8, 4) is 6.07 Å². The summed E-state index contributed by atoms with van der Waals surface area (Å²) in [7, 11) is 0. The van der Waals surface area contributed by atoms with Crippen molar-refractivity contribution in [2.75, 3.05) is 5.32 Å². The monoisotopic (exact) mass is 264 g/mol. The van der Waals surface area contributed by atoms with Crippen molar-refractivity contribution in [1.82, 2.24) is 0 Å². The molecular weight excluding hydrogens is 252 g/mol. The van der Waals surface area contributed by atoms with Crippen LogP contribution in [0.1, 0.15) is 24.8 Å². The molecule has 4 nitrogen and oxygen atoms in total. The van der Waals surface area contributed by atoms with Crippen LogP contribution in [0.25, 0.3) is 0 Å². The smallest absolute Gasteiger partial charge is 0.306 e. The Bertz CT molecular complexity index is 510. The normalized spacial score (nSPS) is 22.4. The minimum absolute atomic E-state index is 0.0941. The Kier molecular flexibility index (Phi) is 3.73. The highest BCUT2D eigenvalue weighted by Gasteiger charge is 2.29. The highest BCUT2D eigenvalue weighted by molar-refractivity contribution is 6.30. The largest absolute Gasteiger partial charge is 0.481 e. The second-order valence-electron chi connectivity index (χ2n) is 4.49. The zero-order chi connectivity index (χ0) is 13.1. The van der Waals surface area contributed by atoms with E-state index in [1.807, 2.05) is 0 Å². The number of benzene rings is 1. The first kappa shape index (κ1) is 12.7. The molecule has 1 saturated carbocycles. The Hall–Kier alpha value is -1.73. The summed E-state index contributed by atoms with van der Waals surface area (Å²) >= 11 is 5.89. The number of carboxylic acid groups (broad SMARTS) is 1. The summed E-state index contributed by atoms with van der Waals surface area (Å²) in [4.78, 5) is 10.9. The molecule has 0 saturated heterocycles. The van der Waals surface area contributed by atoms with E-state index in [-0.39, 0.29) is 12.0 Å². The number of nitrogens with zero attached hydrogens (tertiary/aromatic N) is 1. The van der Waals surface area contributed by atoms with E-state index >= 15 is 0 Å². The molecule has 2 atom stereocenters. The van der Waals surface area contributed by atoms with Gasteiger partial charge in [-0.3, -0.25) is 4.79 Å². The van der Waals surface area contributed by atoms with Crippen LogP contribution < -0.4 is 5.32 Å². The summed E-state index contributed by atoms with van der Waals surface area (Å²) in [5, 5.41) is 21.7. The lowest BCUT2D eigenvalue weighted by Crippen LogP contribution is -2.18. The van der Waals surface area contributed by atoms with Gasteiger partial charge in [-0.15, -0.1) is 0 Å². The van der Waals surface area contributed by atoms with Gasteiger partial charge in [0.2, 0.25) is 0 Å². The number of carboxylic acids is 1. The van der Waals surface area contributed by atoms with E-state index in [1.165, 1.54) is 0 Å². The van der Waals surface area contributed by atoms with Gasteiger partial charge in [-0.25, -0.2) is 0 Å². The molecule has 2 N–H and O–H groups in total. The molecule has 0 bridgehead atoms. The van der Waals surface area contributed by atoms with E-state index in [1.54, 1.807) is 18.2 Å². The van der Waals surface area contributed by atoms with Crippen LogP contribution >= 0.6 is 11.6 Å². The number of hydrogen-bond acceptors (Lipinski definition) is 3. The van der Waals surface area contributed by atoms with E-state index in [2.05, 4.69) is 11.4 Å². The second-order valence-corrected chi connectivity index (χ2v) is 4.93. The van der Waals surface area contributed by atoms with E-state index < -0.39 is 5.97 Å². The molecule has 0 spiro atoms. The Labute approximate surface area is 110 Å². The molecular formula is C13H13ClN2O2. The molecule has 1 aromatic carbocycles. The molecule has 0 radical (unpaired) electrons. The number of hydrogen-bond donors (Lipinski definition) is 2. The number of aliphatic carboxylic acids is 1. The van der Waals surface area contributed by atoms with Crippen molar-refractivity contribution in [1.29, 1.82) is 5.26 Å². The SMILES string of the molecule is N#Cc1ccc(Cl)cc1N[C@H]1CC[C@@H](C(=O)O)C1. The standard InChI is InChI=1S/C13H13ClN2O2/c14-10-3-1-9(7-15)12(6-10)16-11-4-2-8(5-11)13(17)18/h1,3,6,8,11,16H,2,4-5H2,(H,17,18)/t8-,11+/m1/s1. The van der Waals surface area contributed by atoms with Crippen LogP contribution in [-0.2, 0) is 4.79 Å². The molecule has 1 aliphatic rings. The van der Waals surface area contributed by atoms with Gasteiger partial charge in [0.15, 0.2) is 0 Å². The third-order valence-electron chi connectivity index (χ3n) is 3.24. The summed E-state index contributed by atoms with van der Waals surface area (Å²) in [6.45, 7) is 0. The van der Waals surface area contributed by atoms with E-state index in [9.17, 15) is 4.79 Å². The lowest BCUT2D eigenvalue weighted by molar-refractivity contribution is -0.141. The molecule has 5 heteroatoms. The average Bonchev–Trinajstić information content (AvgIpc) is 2.78. The molecule has 94 valence electrons. The van der Waals surface area contributed by atoms with Crippen molar-refractivity contribution in [2.45, 2.75) is 25.3 Å². The molecule has 2 rings (SSSR count). The maximum absolute atomic E-state index is 10.9. The van der Waals surface area contributed by atoms with Gasteiger partial charge in [0.25, 0.3) is 0 Å². The Morgan fingerprint density at radius 3 is 2.89 bits per heavy atom. The van der Waals surface area contributed by atoms with Gasteiger partial charge >= 0.3 is 5.97 Å². The second kappa shape index (κ2) is 5.28. The first-order valence-electron chi connectivity index (χ1n) is 5.79. The van der Waals surface area contributed by atoms with Crippen LogP contribution in [-0.4, -0.2) is 17.1 Å². The van der Waals surface area contributed by atoms with Crippen LogP contribution in [0.2, 0.25) is 5.02 Å². The van der Waals surface area contributed by atoms with Gasteiger partial charge in [0.05, 0.1) is 17.2 Å². The molecule has 1 aliphatic carbocycles. The van der Waals surface area contributed by atoms with E-state index in [4.69, 9.17) is 22.0 Å². The Balaban J connectivity index is 2.09. The summed E-state index contributed by atoms with van der Waals surface area (Å²) < 4.78 is 0. The molecule has 1 fully saturated rings. The first-order valence-corrected chi connectivity index (χ1v) is 6.17. The lowest BCUT2D eigenvalue weighted by atomic mass is 10.1. The lowest BCUT2D eigenvalue weighted by Gasteiger charge is -2.15. The average molecular weight is 265 g/mol. The predicted octanol–water partition coefficient (Wildman–Crippen LogP) is 2.88. The Morgan fingerprint density at radius 1 is 1.50 bits per heavy atom. The molecule has 0 heterocycles. The summed E-state index contributed by atoms with van der Waals surface area (Å²) in [6, 6.07) is 7.22. The number of nitriles is 1. The van der Waals surface area contributed by atoms with Gasteiger partial charge in [-0.05, 0) is 37.5 Å². The van der Waals surface area contributed by atoms with Gasteiger partial charge in [0, 0.05) is 11.1 Å². The van der Waals surface area contributed by atoms with Crippen LogP contribution in [0.3, 0.4) is 0 Å². The fourth-order valence-electron chi connectivity index (χ4n) is 2.29. The maximum Gasteiger partial charge on any atom is 0.306 e. The molecule has 18 heavy (non-hydrogen) atoms. The van der Waals surface area contributed by atoms with Crippen LogP contribution in [0.4, 0.5) is 5.69 Å². The highest BCUT2D eigenvalue weighted by atomic mass is 35.5. The Morgan fingerprint density at radius 2 is 2.28 bits per heavy atom. The molecule has 0 amide bonds. The summed E-state index contributed by atoms with van der Waals surface area (Å²) in [6.07, 6.45) is 2.07. The van der Waals surface area contributed by atoms with Gasteiger partial charge < -0.3 is 10.4 Å². The zero-order valence-corrected chi connectivity index (χ0v) is 10.4. The topological polar surface area (TPSA) is 73.1 Å². The minimum Gasteiger partial charge on any atom is -0.481 e. The molecule has 0 aliphatic heterocycles. The fraction of sp³-hybridized carbons (Fsp3) is 0.385. The van der Waals surface area contributed by atoms with Crippen molar-refractivity contribution in [2.24, 2.45) is 5.92 Å². The fourth-order valence-corrected chi connectivity index (χ4v) is 2.46. The van der Waals surface area contributed by atoms with Gasteiger partial charge in [0.1, 0.15) is 6.07 Å². The van der Waals surface area contributed by atoms with Crippen LogP contribution in [0.5, 0.6) is 0 Å². The van der Waals surface area contributed by atoms with Crippen LogP contribution in [0, 0.1) is 17.2 Å². The third-order valence-corrected chi connectivity index (χ3v) is 3.48. The van der Waals surface area contributed by atoms with Gasteiger partial charge in [-0.1, -0.05) is 11.6 Å². The molecule has 0 aromatic heterocycles. The summed E-state index contributed by atoms with van der Waals surface area (Å²) in [5.41, 5.74) is 1.21. The van der Waals surface area contributed by atoms with E-state index in [0.717, 1.165) is 6.42 Å². The minimum atomic E-state index is -0.745.